The van der Waals surface area contributed by atoms with Gasteiger partial charge in [0.1, 0.15) is 22.0 Å². The highest BCUT2D eigenvalue weighted by Crippen LogP contribution is 2.32. The second kappa shape index (κ2) is 13.2. The van der Waals surface area contributed by atoms with Crippen LogP contribution in [-0.2, 0) is 32.9 Å². The van der Waals surface area contributed by atoms with Crippen molar-refractivity contribution in [1.29, 1.82) is 0 Å². The molecule has 0 radical (unpaired) electrons. The summed E-state index contributed by atoms with van der Waals surface area (Å²) in [5.74, 6) is -5.17. The molecule has 238 valence electrons. The Hall–Kier alpha value is -4.88. The Morgan fingerprint density at radius 3 is 1.37 bits per heavy atom. The molecule has 0 fully saturated rings. The summed E-state index contributed by atoms with van der Waals surface area (Å²) in [6.45, 7) is 0. The third kappa shape index (κ3) is 7.32. The number of ether oxygens (including phenoxy) is 1. The van der Waals surface area contributed by atoms with Crippen molar-refractivity contribution in [1.82, 2.24) is 0 Å². The zero-order chi connectivity index (χ0) is 33.1. The lowest BCUT2D eigenvalue weighted by Crippen LogP contribution is -2.19. The Labute approximate surface area is 263 Å². The van der Waals surface area contributed by atoms with E-state index >= 15 is 8.78 Å². The SMILES string of the molecule is COc1ccc(S(=O)(=O)Nc2c(F)cc(Cc3ccccc3)cc2F)cc1S(=O)(=O)Nc1c(F)cc(Cc2ccccc2)cc1F. The van der Waals surface area contributed by atoms with Crippen LogP contribution >= 0.6 is 0 Å². The van der Waals surface area contributed by atoms with E-state index in [2.05, 4.69) is 0 Å². The third-order valence-corrected chi connectivity index (χ3v) is 9.63. The molecule has 0 spiro atoms. The van der Waals surface area contributed by atoms with Crippen LogP contribution < -0.4 is 14.2 Å². The molecule has 0 saturated heterocycles. The van der Waals surface area contributed by atoms with Gasteiger partial charge in [-0.15, -0.1) is 0 Å². The van der Waals surface area contributed by atoms with Gasteiger partial charge in [0.15, 0.2) is 23.3 Å². The first-order valence-electron chi connectivity index (χ1n) is 13.6. The number of benzene rings is 5. The summed E-state index contributed by atoms with van der Waals surface area (Å²) in [7, 11) is -8.56. The quantitative estimate of drug-likeness (QED) is 0.147. The largest absolute Gasteiger partial charge is 0.495 e. The first kappa shape index (κ1) is 32.5. The van der Waals surface area contributed by atoms with Crippen molar-refractivity contribution in [3.8, 4) is 5.75 Å². The smallest absolute Gasteiger partial charge is 0.265 e. The van der Waals surface area contributed by atoms with E-state index in [1.807, 2.05) is 9.44 Å². The summed E-state index contributed by atoms with van der Waals surface area (Å²) in [4.78, 5) is -1.52. The van der Waals surface area contributed by atoms with E-state index in [9.17, 15) is 25.6 Å². The average molecular weight is 671 g/mol. The molecule has 5 aromatic carbocycles. The molecule has 0 aliphatic heterocycles. The molecule has 0 aromatic heterocycles. The van der Waals surface area contributed by atoms with Gasteiger partial charge in [-0.3, -0.25) is 9.44 Å². The van der Waals surface area contributed by atoms with E-state index in [4.69, 9.17) is 4.74 Å². The first-order valence-corrected chi connectivity index (χ1v) is 16.6. The third-order valence-electron chi connectivity index (χ3n) is 6.91. The Morgan fingerprint density at radius 2 is 0.957 bits per heavy atom. The summed E-state index contributed by atoms with van der Waals surface area (Å²) in [5, 5.41) is 0. The Bertz CT molecular complexity index is 2070. The van der Waals surface area contributed by atoms with Crippen LogP contribution in [0.4, 0.5) is 28.9 Å². The molecule has 7 nitrogen and oxygen atoms in total. The number of methoxy groups -OCH3 is 1. The summed E-state index contributed by atoms with van der Waals surface area (Å²) in [6, 6.07) is 24.2. The lowest BCUT2D eigenvalue weighted by molar-refractivity contribution is 0.402. The fourth-order valence-corrected chi connectivity index (χ4v) is 7.18. The minimum atomic E-state index is -4.88. The van der Waals surface area contributed by atoms with Crippen LogP contribution in [0.15, 0.2) is 113 Å². The molecule has 0 bridgehead atoms. The van der Waals surface area contributed by atoms with Gasteiger partial charge in [-0.25, -0.2) is 34.4 Å². The number of hydrogen-bond acceptors (Lipinski definition) is 5. The Kier molecular flexibility index (Phi) is 9.35. The molecular formula is C33H26F4N2O5S2. The molecule has 0 unspecified atom stereocenters. The molecular weight excluding hydrogens is 644 g/mol. The summed E-state index contributed by atoms with van der Waals surface area (Å²) >= 11 is 0. The molecule has 46 heavy (non-hydrogen) atoms. The van der Waals surface area contributed by atoms with E-state index in [0.29, 0.717) is 6.07 Å². The first-order chi connectivity index (χ1) is 21.9. The van der Waals surface area contributed by atoms with E-state index < -0.39 is 64.5 Å². The minimum Gasteiger partial charge on any atom is -0.495 e. The maximum absolute atomic E-state index is 15.0. The van der Waals surface area contributed by atoms with Crippen molar-refractivity contribution in [2.75, 3.05) is 16.6 Å². The Balaban J connectivity index is 1.42. The highest BCUT2D eigenvalue weighted by atomic mass is 32.2. The fourth-order valence-electron chi connectivity index (χ4n) is 4.73. The fraction of sp³-hybridized carbons (Fsp3) is 0.0909. The number of nitrogens with one attached hydrogen (secondary N) is 2. The van der Waals surface area contributed by atoms with Gasteiger partial charge in [0, 0.05) is 0 Å². The summed E-state index contributed by atoms with van der Waals surface area (Å²) in [6.07, 6.45) is 0.366. The van der Waals surface area contributed by atoms with Crippen molar-refractivity contribution in [3.05, 3.63) is 149 Å². The van der Waals surface area contributed by atoms with Crippen molar-refractivity contribution < 1.29 is 39.1 Å². The van der Waals surface area contributed by atoms with E-state index in [0.717, 1.165) is 54.6 Å². The van der Waals surface area contributed by atoms with Gasteiger partial charge < -0.3 is 4.74 Å². The molecule has 0 atom stereocenters. The normalized spacial score (nSPS) is 11.7. The van der Waals surface area contributed by atoms with Gasteiger partial charge in [0.05, 0.1) is 12.0 Å². The van der Waals surface area contributed by atoms with Crippen molar-refractivity contribution in [3.63, 3.8) is 0 Å². The van der Waals surface area contributed by atoms with Crippen LogP contribution in [0.5, 0.6) is 5.75 Å². The van der Waals surface area contributed by atoms with Crippen LogP contribution in [0.25, 0.3) is 0 Å². The van der Waals surface area contributed by atoms with Crippen LogP contribution in [-0.4, -0.2) is 23.9 Å². The zero-order valence-electron chi connectivity index (χ0n) is 24.1. The number of anilines is 2. The van der Waals surface area contributed by atoms with Crippen LogP contribution in [0.2, 0.25) is 0 Å². The van der Waals surface area contributed by atoms with Crippen molar-refractivity contribution in [2.45, 2.75) is 22.6 Å². The van der Waals surface area contributed by atoms with E-state index in [-0.39, 0.29) is 29.7 Å². The summed E-state index contributed by atoms with van der Waals surface area (Å²) in [5.41, 5.74) is 0.0703. The predicted molar refractivity (Wildman–Crippen MR) is 166 cm³/mol. The number of rotatable bonds is 11. The number of sulfonamides is 2. The van der Waals surface area contributed by atoms with Crippen molar-refractivity contribution in [2.24, 2.45) is 0 Å². The highest BCUT2D eigenvalue weighted by molar-refractivity contribution is 7.93. The monoisotopic (exact) mass is 670 g/mol. The second-order valence-corrected chi connectivity index (χ2v) is 13.6. The van der Waals surface area contributed by atoms with Gasteiger partial charge in [-0.2, -0.15) is 0 Å². The standard InChI is InChI=1S/C33H26F4N2O5S2/c1-44-30-13-12-25(45(40,41)38-32-26(34)16-23(17-27(32)35)14-21-8-4-2-5-9-21)20-31(30)46(42,43)39-33-28(36)18-24(19-29(33)37)15-22-10-6-3-7-11-22/h2-13,16-20,38-39H,14-15H2,1H3. The second-order valence-electron chi connectivity index (χ2n) is 10.2. The van der Waals surface area contributed by atoms with Gasteiger partial charge in [-0.1, -0.05) is 60.7 Å². The number of hydrogen-bond donors (Lipinski definition) is 2. The molecule has 0 aliphatic rings. The van der Waals surface area contributed by atoms with Gasteiger partial charge in [-0.05, 0) is 77.6 Å². The van der Waals surface area contributed by atoms with Crippen LogP contribution in [0, 0.1) is 23.3 Å². The topological polar surface area (TPSA) is 102 Å². The van der Waals surface area contributed by atoms with E-state index in [1.165, 1.54) is 0 Å². The number of halogens is 4. The maximum atomic E-state index is 15.0. The highest BCUT2D eigenvalue weighted by Gasteiger charge is 2.28. The lowest BCUT2D eigenvalue weighted by Gasteiger charge is -2.16. The van der Waals surface area contributed by atoms with Crippen LogP contribution in [0.3, 0.4) is 0 Å². The van der Waals surface area contributed by atoms with E-state index in [1.54, 1.807) is 60.7 Å². The molecule has 5 aromatic rings. The average Bonchev–Trinajstić information content (AvgIpc) is 3.01. The lowest BCUT2D eigenvalue weighted by atomic mass is 10.0. The molecule has 0 heterocycles. The molecule has 13 heteroatoms. The van der Waals surface area contributed by atoms with Crippen LogP contribution in [0.1, 0.15) is 22.3 Å². The van der Waals surface area contributed by atoms with Gasteiger partial charge in [0.2, 0.25) is 0 Å². The predicted octanol–water partition coefficient (Wildman–Crippen LogP) is 7.03. The minimum absolute atomic E-state index is 0.180. The maximum Gasteiger partial charge on any atom is 0.265 e. The molecule has 5 rings (SSSR count). The zero-order valence-corrected chi connectivity index (χ0v) is 25.7. The molecule has 0 saturated carbocycles. The van der Waals surface area contributed by atoms with Crippen molar-refractivity contribution >= 4 is 31.4 Å². The molecule has 0 aliphatic carbocycles. The molecule has 2 N–H and O–H groups in total. The molecule has 0 amide bonds. The van der Waals surface area contributed by atoms with Gasteiger partial charge in [0.25, 0.3) is 20.0 Å². The summed E-state index contributed by atoms with van der Waals surface area (Å²) < 4.78 is 122. The Morgan fingerprint density at radius 1 is 0.543 bits per heavy atom. The van der Waals surface area contributed by atoms with Gasteiger partial charge >= 0.3 is 0 Å².